The Labute approximate surface area is 114 Å². The van der Waals surface area contributed by atoms with Gasteiger partial charge in [-0.05, 0) is 12.0 Å². The zero-order valence-corrected chi connectivity index (χ0v) is 11.7. The molecule has 0 bridgehead atoms. The van der Waals surface area contributed by atoms with E-state index in [1.165, 1.54) is 0 Å². The van der Waals surface area contributed by atoms with Crippen LogP contribution in [0.1, 0.15) is 44.6 Å². The molecule has 1 atom stereocenters. The highest BCUT2D eigenvalue weighted by Crippen LogP contribution is 2.36. The summed E-state index contributed by atoms with van der Waals surface area (Å²) in [5.74, 6) is 0. The average Bonchev–Trinajstić information content (AvgIpc) is 2.87. The summed E-state index contributed by atoms with van der Waals surface area (Å²) in [6.07, 6.45) is 2.00. The lowest BCUT2D eigenvalue weighted by molar-refractivity contribution is 0.0910. The highest BCUT2D eigenvalue weighted by Gasteiger charge is 2.33. The van der Waals surface area contributed by atoms with E-state index in [4.69, 9.17) is 0 Å². The molecule has 0 amide bonds. The van der Waals surface area contributed by atoms with Crippen LogP contribution in [0.3, 0.4) is 0 Å². The fourth-order valence-electron chi connectivity index (χ4n) is 2.26. The van der Waals surface area contributed by atoms with E-state index in [1.807, 2.05) is 44.2 Å². The largest absolute Gasteiger partial charge is 0.386 e. The fraction of sp³-hybridized carbons (Fsp3) is 0.467. The predicted octanol–water partition coefficient (Wildman–Crippen LogP) is 2.70. The molecule has 2 aromatic rings. The number of aryl methyl sites for hydroxylation is 1. The van der Waals surface area contributed by atoms with Crippen LogP contribution < -0.4 is 0 Å². The van der Waals surface area contributed by atoms with E-state index < -0.39 is 6.10 Å². The van der Waals surface area contributed by atoms with Crippen molar-refractivity contribution < 1.29 is 5.11 Å². The molecule has 1 aromatic carbocycles. The second-order valence-electron chi connectivity index (χ2n) is 5.37. The maximum atomic E-state index is 10.7. The molecule has 0 aliphatic heterocycles. The van der Waals surface area contributed by atoms with Gasteiger partial charge in [0.2, 0.25) is 0 Å². The Morgan fingerprint density at radius 2 is 1.95 bits per heavy atom. The highest BCUT2D eigenvalue weighted by atomic mass is 16.3. The minimum Gasteiger partial charge on any atom is -0.386 e. The molecule has 0 saturated heterocycles. The molecule has 0 aliphatic carbocycles. The van der Waals surface area contributed by atoms with E-state index in [-0.39, 0.29) is 5.41 Å². The Hall–Kier alpha value is -1.68. The van der Waals surface area contributed by atoms with Gasteiger partial charge >= 0.3 is 0 Å². The lowest BCUT2D eigenvalue weighted by atomic mass is 9.78. The van der Waals surface area contributed by atoms with E-state index in [1.54, 1.807) is 10.9 Å². The van der Waals surface area contributed by atoms with Crippen molar-refractivity contribution in [2.45, 2.75) is 45.3 Å². The van der Waals surface area contributed by atoms with Crippen molar-refractivity contribution in [3.8, 4) is 0 Å². The van der Waals surface area contributed by atoms with Crippen LogP contribution in [0.25, 0.3) is 0 Å². The first-order valence-corrected chi connectivity index (χ1v) is 6.69. The van der Waals surface area contributed by atoms with Crippen LogP contribution in [0, 0.1) is 0 Å². The smallest absolute Gasteiger partial charge is 0.106 e. The van der Waals surface area contributed by atoms with Gasteiger partial charge in [0.05, 0.1) is 11.9 Å². The Bertz CT molecular complexity index is 519. The van der Waals surface area contributed by atoms with Crippen LogP contribution >= 0.6 is 0 Å². The van der Waals surface area contributed by atoms with E-state index in [2.05, 4.69) is 17.2 Å². The summed E-state index contributed by atoms with van der Waals surface area (Å²) in [6, 6.07) is 10.0. The van der Waals surface area contributed by atoms with E-state index in [0.29, 0.717) is 0 Å². The van der Waals surface area contributed by atoms with Gasteiger partial charge in [-0.2, -0.15) is 0 Å². The van der Waals surface area contributed by atoms with Gasteiger partial charge in [-0.1, -0.05) is 56.3 Å². The van der Waals surface area contributed by atoms with Crippen LogP contribution in [-0.2, 0) is 12.0 Å². The highest BCUT2D eigenvalue weighted by molar-refractivity contribution is 5.27. The van der Waals surface area contributed by atoms with Gasteiger partial charge in [-0.25, -0.2) is 4.68 Å². The maximum Gasteiger partial charge on any atom is 0.106 e. The molecule has 1 aromatic heterocycles. The zero-order chi connectivity index (χ0) is 13.9. The van der Waals surface area contributed by atoms with Crippen molar-refractivity contribution in [1.29, 1.82) is 0 Å². The third kappa shape index (κ3) is 2.68. The molecule has 1 N–H and O–H groups in total. The molecule has 19 heavy (non-hydrogen) atoms. The second kappa shape index (κ2) is 5.53. The van der Waals surface area contributed by atoms with Gasteiger partial charge in [0, 0.05) is 12.0 Å². The second-order valence-corrected chi connectivity index (χ2v) is 5.37. The minimum absolute atomic E-state index is 0.380. The third-order valence-electron chi connectivity index (χ3n) is 3.56. The molecule has 102 valence electrons. The first kappa shape index (κ1) is 13.7. The predicted molar refractivity (Wildman–Crippen MR) is 74.7 cm³/mol. The van der Waals surface area contributed by atoms with Gasteiger partial charge in [-0.15, -0.1) is 5.10 Å². The number of nitrogens with zero attached hydrogens (tertiary/aromatic N) is 3. The van der Waals surface area contributed by atoms with Gasteiger partial charge in [-0.3, -0.25) is 0 Å². The topological polar surface area (TPSA) is 50.9 Å². The number of hydrogen-bond acceptors (Lipinski definition) is 3. The molecular formula is C15H21N3O. The van der Waals surface area contributed by atoms with Crippen molar-refractivity contribution in [2.24, 2.45) is 0 Å². The summed E-state index contributed by atoms with van der Waals surface area (Å²) in [5, 5.41) is 18.7. The first-order valence-electron chi connectivity index (χ1n) is 6.69. The summed E-state index contributed by atoms with van der Waals surface area (Å²) in [7, 11) is 0. The molecule has 0 fully saturated rings. The van der Waals surface area contributed by atoms with Gasteiger partial charge in [0.15, 0.2) is 0 Å². The molecule has 0 aliphatic rings. The lowest BCUT2D eigenvalue weighted by Crippen LogP contribution is -2.28. The SMILES string of the molecule is CCCn1nncc1C(O)C(C)(C)c1ccccc1. The Kier molecular flexibility index (Phi) is 4.00. The number of aliphatic hydroxyl groups excluding tert-OH is 1. The van der Waals surface area contributed by atoms with E-state index in [0.717, 1.165) is 24.2 Å². The molecule has 1 heterocycles. The minimum atomic E-state index is -0.628. The van der Waals surface area contributed by atoms with Crippen LogP contribution in [-0.4, -0.2) is 20.1 Å². The third-order valence-corrected chi connectivity index (χ3v) is 3.56. The number of aliphatic hydroxyl groups is 1. The summed E-state index contributed by atoms with van der Waals surface area (Å²) in [4.78, 5) is 0. The molecule has 2 rings (SSSR count). The Morgan fingerprint density at radius 3 is 2.58 bits per heavy atom. The molecule has 1 unspecified atom stereocenters. The van der Waals surface area contributed by atoms with Crippen molar-refractivity contribution in [1.82, 2.24) is 15.0 Å². The zero-order valence-electron chi connectivity index (χ0n) is 11.7. The summed E-state index contributed by atoms with van der Waals surface area (Å²) < 4.78 is 1.79. The van der Waals surface area contributed by atoms with Gasteiger partial charge in [0.25, 0.3) is 0 Å². The number of rotatable bonds is 5. The summed E-state index contributed by atoms with van der Waals surface area (Å²) >= 11 is 0. The molecule has 0 radical (unpaired) electrons. The van der Waals surface area contributed by atoms with Crippen LogP contribution in [0.4, 0.5) is 0 Å². The normalized spacial score (nSPS) is 13.5. The molecule has 4 heteroatoms. The fourth-order valence-corrected chi connectivity index (χ4v) is 2.26. The van der Waals surface area contributed by atoms with Crippen LogP contribution in [0.15, 0.2) is 36.5 Å². The Morgan fingerprint density at radius 1 is 1.26 bits per heavy atom. The molecule has 0 spiro atoms. The molecule has 4 nitrogen and oxygen atoms in total. The molecule has 0 saturated carbocycles. The van der Waals surface area contributed by atoms with Gasteiger partial charge < -0.3 is 5.11 Å². The monoisotopic (exact) mass is 259 g/mol. The number of hydrogen-bond donors (Lipinski definition) is 1. The van der Waals surface area contributed by atoms with Crippen molar-refractivity contribution in [3.63, 3.8) is 0 Å². The van der Waals surface area contributed by atoms with Crippen molar-refractivity contribution in [3.05, 3.63) is 47.8 Å². The standard InChI is InChI=1S/C15H21N3O/c1-4-10-18-13(11-16-17-18)14(19)15(2,3)12-8-6-5-7-9-12/h5-9,11,14,19H,4,10H2,1-3H3. The van der Waals surface area contributed by atoms with Crippen LogP contribution in [0.5, 0.6) is 0 Å². The number of benzene rings is 1. The molecular weight excluding hydrogens is 238 g/mol. The lowest BCUT2D eigenvalue weighted by Gasteiger charge is -2.31. The average molecular weight is 259 g/mol. The maximum absolute atomic E-state index is 10.7. The quantitative estimate of drug-likeness (QED) is 0.898. The van der Waals surface area contributed by atoms with E-state index in [9.17, 15) is 5.11 Å². The Balaban J connectivity index is 2.32. The number of aromatic nitrogens is 3. The van der Waals surface area contributed by atoms with E-state index >= 15 is 0 Å². The first-order chi connectivity index (χ1) is 9.07. The van der Waals surface area contributed by atoms with Gasteiger partial charge in [0.1, 0.15) is 6.10 Å². The van der Waals surface area contributed by atoms with Crippen molar-refractivity contribution >= 4 is 0 Å². The van der Waals surface area contributed by atoms with Crippen molar-refractivity contribution in [2.75, 3.05) is 0 Å². The summed E-state index contributed by atoms with van der Waals surface area (Å²) in [6.45, 7) is 6.93. The summed E-state index contributed by atoms with van der Waals surface area (Å²) in [5.41, 5.74) is 1.50. The van der Waals surface area contributed by atoms with Crippen LogP contribution in [0.2, 0.25) is 0 Å².